The first-order chi connectivity index (χ1) is 16.3. The molecule has 182 valence electrons. The maximum atomic E-state index is 12.8. The zero-order valence-electron chi connectivity index (χ0n) is 18.1. The molecule has 2 aliphatic heterocycles. The number of thioether (sulfide) groups is 2. The number of fused-ring (bicyclic) bond motifs is 1. The van der Waals surface area contributed by atoms with Crippen molar-refractivity contribution in [2.24, 2.45) is 5.16 Å². The number of thiazole rings is 1. The Morgan fingerprint density at radius 1 is 1.44 bits per heavy atom. The Morgan fingerprint density at radius 2 is 2.19 bits per heavy atom. The van der Waals surface area contributed by atoms with Crippen molar-refractivity contribution in [3.05, 3.63) is 46.5 Å². The van der Waals surface area contributed by atoms with Crippen LogP contribution in [0.1, 0.15) is 16.2 Å². The van der Waals surface area contributed by atoms with Gasteiger partial charge in [0.1, 0.15) is 29.9 Å². The van der Waals surface area contributed by atoms with Crippen LogP contribution in [0.25, 0.3) is 0 Å². The van der Waals surface area contributed by atoms with Gasteiger partial charge in [0.25, 0.3) is 16.9 Å². The molecule has 2 atom stereocenters. The molecule has 2 amide bonds. The number of oxime groups is 1. The summed E-state index contributed by atoms with van der Waals surface area (Å²) in [4.78, 5) is 59.6. The van der Waals surface area contributed by atoms with Gasteiger partial charge in [-0.15, -0.1) is 23.1 Å². The molecule has 0 radical (unpaired) electrons. The molecule has 2 aromatic rings. The van der Waals surface area contributed by atoms with Crippen molar-refractivity contribution < 1.29 is 53.0 Å². The zero-order chi connectivity index (χ0) is 24.4. The minimum Gasteiger partial charge on any atom is 0 e. The molecule has 0 spiro atoms. The predicted molar refractivity (Wildman–Crippen MR) is 132 cm³/mol. The third-order valence-corrected chi connectivity index (χ3v) is 7.77. The number of β-lactam (4-membered cyclic amide) rings is 1. The Balaban J connectivity index is 0.00000228. The van der Waals surface area contributed by atoms with E-state index in [9.17, 15) is 24.3 Å². The second-order valence-electron chi connectivity index (χ2n) is 6.87. The summed E-state index contributed by atoms with van der Waals surface area (Å²) in [6, 6.07) is 2.13. The van der Waals surface area contributed by atoms with E-state index in [0.717, 1.165) is 28.0 Å². The first-order valence-corrected chi connectivity index (χ1v) is 12.5. The largest absolute Gasteiger partial charge is 0 e. The molecule has 0 saturated carbocycles. The quantitative estimate of drug-likeness (QED) is 0.162. The molecule has 4 heterocycles. The fourth-order valence-corrected chi connectivity index (χ4v) is 6.14. The number of carbonyl (C=O) groups excluding carboxylic acids is 3. The third kappa shape index (κ3) is 6.23. The number of anilines is 1. The average molecular weight is 613 g/mol. The van der Waals surface area contributed by atoms with Gasteiger partial charge >= 0.3 is 35.5 Å². The van der Waals surface area contributed by atoms with Gasteiger partial charge in [-0.3, -0.25) is 19.3 Å². The molecule has 1 fully saturated rings. The first kappa shape index (κ1) is 30.5. The summed E-state index contributed by atoms with van der Waals surface area (Å²) in [5.74, 6) is -2.08. The van der Waals surface area contributed by atoms with Crippen LogP contribution >= 0.6 is 34.9 Å². The molecule has 0 unspecified atom stereocenters. The van der Waals surface area contributed by atoms with Crippen LogP contribution in [0.3, 0.4) is 0 Å². The SMILES string of the molecule is CON=C(C(=O)N[C@@H]1C(=O)N2C(C(=O)O)=C(CSC(=O)c3ccco3)CS[C@H]12)c1csc(N)n1.[NaH].[Zn]. The Kier molecular flexibility index (Phi) is 11.2. The van der Waals surface area contributed by atoms with E-state index in [1.54, 1.807) is 6.07 Å². The van der Waals surface area contributed by atoms with Crippen LogP contribution < -0.4 is 11.1 Å². The van der Waals surface area contributed by atoms with E-state index in [2.05, 4.69) is 15.5 Å². The van der Waals surface area contributed by atoms with Crippen LogP contribution in [0.2, 0.25) is 0 Å². The van der Waals surface area contributed by atoms with Gasteiger partial charge in [-0.25, -0.2) is 9.78 Å². The first-order valence-electron chi connectivity index (χ1n) is 9.55. The monoisotopic (exact) mass is 611 g/mol. The van der Waals surface area contributed by atoms with Gasteiger partial charge in [0, 0.05) is 36.4 Å². The standard InChI is InChI=1S/C19H17N5O7S3.Na.Zn.H/c1-30-23-11(9-7-34-19(20)21-9)14(25)22-12-15(26)24-13(17(27)28)8(5-32-16(12)24)6-33-18(29)10-3-2-4-31-10;;;/h2-4,7,12,16H,5-6H2,1H3,(H2,20,21)(H,22,25)(H,27,28);;;/t12-,16-;;;/m1.../s1. The molecule has 4 rings (SSSR count). The third-order valence-electron chi connectivity index (χ3n) is 4.80. The zero-order valence-corrected chi connectivity index (χ0v) is 23.5. The van der Waals surface area contributed by atoms with E-state index >= 15 is 0 Å². The van der Waals surface area contributed by atoms with Crippen LogP contribution in [0.5, 0.6) is 0 Å². The molecule has 12 nitrogen and oxygen atoms in total. The van der Waals surface area contributed by atoms with Crippen molar-refractivity contribution in [3.8, 4) is 0 Å². The molecule has 0 aliphatic carbocycles. The van der Waals surface area contributed by atoms with Gasteiger partial charge in [-0.2, -0.15) is 0 Å². The molecular weight excluding hydrogens is 595 g/mol. The molecule has 36 heavy (non-hydrogen) atoms. The number of aromatic nitrogens is 1. The maximum absolute atomic E-state index is 12.8. The molecule has 2 aliphatic rings. The van der Waals surface area contributed by atoms with Crippen LogP contribution in [0, 0.1) is 0 Å². The summed E-state index contributed by atoms with van der Waals surface area (Å²) in [7, 11) is 1.26. The van der Waals surface area contributed by atoms with Gasteiger partial charge in [-0.1, -0.05) is 16.9 Å². The number of carboxylic acid groups (broad SMARTS) is 1. The van der Waals surface area contributed by atoms with E-state index in [1.165, 1.54) is 36.6 Å². The molecule has 17 heteroatoms. The van der Waals surface area contributed by atoms with Crippen molar-refractivity contribution in [2.75, 3.05) is 24.3 Å². The Morgan fingerprint density at radius 3 is 2.78 bits per heavy atom. The van der Waals surface area contributed by atoms with Crippen LogP contribution in [0.4, 0.5) is 5.13 Å². The Hall–Kier alpha value is -1.68. The van der Waals surface area contributed by atoms with E-state index < -0.39 is 29.2 Å². The fourth-order valence-electron chi connectivity index (χ4n) is 3.31. The van der Waals surface area contributed by atoms with Gasteiger partial charge in [0.05, 0.1) is 6.26 Å². The summed E-state index contributed by atoms with van der Waals surface area (Å²) in [6.45, 7) is 0. The number of nitrogens with two attached hydrogens (primary N) is 1. The van der Waals surface area contributed by atoms with Crippen LogP contribution in [-0.4, -0.2) is 103 Å². The number of aliphatic carboxylic acids is 1. The summed E-state index contributed by atoms with van der Waals surface area (Å²) in [5, 5.41) is 16.8. The molecule has 4 N–H and O–H groups in total. The number of nitrogens with zero attached hydrogens (tertiary/aromatic N) is 3. The molecule has 0 aromatic carbocycles. The number of furan rings is 1. The van der Waals surface area contributed by atoms with Gasteiger partial charge < -0.3 is 25.4 Å². The van der Waals surface area contributed by atoms with E-state index in [-0.39, 0.29) is 93.7 Å². The number of nitrogens with one attached hydrogen (secondary N) is 1. The second-order valence-corrected chi connectivity index (χ2v) is 9.81. The minimum atomic E-state index is -1.29. The summed E-state index contributed by atoms with van der Waals surface area (Å²) >= 11 is 3.29. The van der Waals surface area contributed by atoms with Crippen molar-refractivity contribution in [2.45, 2.75) is 11.4 Å². The van der Waals surface area contributed by atoms with Crippen molar-refractivity contribution in [3.63, 3.8) is 0 Å². The second kappa shape index (κ2) is 13.2. The summed E-state index contributed by atoms with van der Waals surface area (Å²) < 4.78 is 5.05. The van der Waals surface area contributed by atoms with Gasteiger partial charge in [-0.05, 0) is 17.7 Å². The van der Waals surface area contributed by atoms with Crippen LogP contribution in [-0.2, 0) is 38.7 Å². The average Bonchev–Trinajstić information content (AvgIpc) is 3.50. The molecular formula is C19H18N5NaO7S3Zn. The maximum Gasteiger partial charge on any atom is 0 e. The summed E-state index contributed by atoms with van der Waals surface area (Å²) in [5.41, 5.74) is 5.89. The van der Waals surface area contributed by atoms with Crippen molar-refractivity contribution >= 4 is 98.2 Å². The number of rotatable bonds is 8. The number of carboxylic acids is 1. The molecule has 2 aromatic heterocycles. The number of carbonyl (C=O) groups is 4. The Labute approximate surface area is 251 Å². The smallest absolute Gasteiger partial charge is 0 e. The minimum absolute atomic E-state index is 0. The molecule has 0 bridgehead atoms. The van der Waals surface area contributed by atoms with E-state index in [4.69, 9.17) is 15.0 Å². The summed E-state index contributed by atoms with van der Waals surface area (Å²) in [6.07, 6.45) is 1.37. The van der Waals surface area contributed by atoms with Crippen molar-refractivity contribution in [1.82, 2.24) is 15.2 Å². The number of nitrogen functional groups attached to an aromatic ring is 1. The topological polar surface area (TPSA) is 177 Å². The predicted octanol–water partition coefficient (Wildman–Crippen LogP) is 0.330. The normalized spacial score (nSPS) is 18.9. The molecule has 1 saturated heterocycles. The van der Waals surface area contributed by atoms with E-state index in [1.807, 2.05) is 0 Å². The van der Waals surface area contributed by atoms with E-state index in [0.29, 0.717) is 5.57 Å². The fraction of sp³-hybridized carbons (Fsp3) is 0.263. The van der Waals surface area contributed by atoms with Gasteiger partial charge in [0.2, 0.25) is 0 Å². The Bertz CT molecular complexity index is 1220. The van der Waals surface area contributed by atoms with Gasteiger partial charge in [0.15, 0.2) is 16.6 Å². The number of hydrogen-bond donors (Lipinski definition) is 3. The number of hydrogen-bond acceptors (Lipinski definition) is 12. The van der Waals surface area contributed by atoms with Crippen molar-refractivity contribution in [1.29, 1.82) is 0 Å². The van der Waals surface area contributed by atoms with Crippen LogP contribution in [0.15, 0.2) is 44.6 Å². The number of amides is 2.